The summed E-state index contributed by atoms with van der Waals surface area (Å²) in [7, 11) is -2.18. The third-order valence-electron chi connectivity index (χ3n) is 5.19. The van der Waals surface area contributed by atoms with Crippen LogP contribution in [-0.4, -0.2) is 57.9 Å². The molecule has 0 aliphatic carbocycles. The number of carbonyl (C=O) groups excluding carboxylic acids is 2. The van der Waals surface area contributed by atoms with Gasteiger partial charge in [0.15, 0.2) is 6.61 Å². The van der Waals surface area contributed by atoms with Crippen LogP contribution in [0.15, 0.2) is 47.4 Å². The molecule has 2 amide bonds. The number of methoxy groups -OCH3 is 1. The standard InChI is InChI=1S/C22H27N3O6S/c1-4-24(5-2)32(28,29)17-10-11-20-18(12-17)25(22(27)15-31-20)14-21(26)23-13-16-8-6-7-9-19(16)30-3/h6-12H,4-5,13-15H2,1-3H3,(H,23,26). The summed E-state index contributed by atoms with van der Waals surface area (Å²) >= 11 is 0. The zero-order chi connectivity index (χ0) is 23.3. The summed E-state index contributed by atoms with van der Waals surface area (Å²) in [6.07, 6.45) is 0. The first-order chi connectivity index (χ1) is 15.3. The second kappa shape index (κ2) is 10.0. The maximum atomic E-state index is 12.9. The van der Waals surface area contributed by atoms with Gasteiger partial charge in [-0.05, 0) is 24.3 Å². The van der Waals surface area contributed by atoms with Crippen LogP contribution in [-0.2, 0) is 26.2 Å². The van der Waals surface area contributed by atoms with Crippen LogP contribution in [0.5, 0.6) is 11.5 Å². The molecule has 9 nitrogen and oxygen atoms in total. The van der Waals surface area contributed by atoms with Crippen LogP contribution in [0.4, 0.5) is 5.69 Å². The topological polar surface area (TPSA) is 105 Å². The van der Waals surface area contributed by atoms with Crippen molar-refractivity contribution in [2.24, 2.45) is 0 Å². The van der Waals surface area contributed by atoms with Crippen molar-refractivity contribution in [1.82, 2.24) is 9.62 Å². The predicted molar refractivity (Wildman–Crippen MR) is 119 cm³/mol. The number of ether oxygens (including phenoxy) is 2. The van der Waals surface area contributed by atoms with Gasteiger partial charge in [0.2, 0.25) is 15.9 Å². The molecule has 1 aliphatic heterocycles. The number of nitrogens with zero attached hydrogens (tertiary/aromatic N) is 2. The van der Waals surface area contributed by atoms with E-state index in [2.05, 4.69) is 5.32 Å². The maximum Gasteiger partial charge on any atom is 0.265 e. The summed E-state index contributed by atoms with van der Waals surface area (Å²) in [5, 5.41) is 2.77. The summed E-state index contributed by atoms with van der Waals surface area (Å²) in [5.41, 5.74) is 1.05. The molecule has 0 atom stereocenters. The van der Waals surface area contributed by atoms with E-state index in [4.69, 9.17) is 9.47 Å². The van der Waals surface area contributed by atoms with Crippen molar-refractivity contribution in [3.05, 3.63) is 48.0 Å². The lowest BCUT2D eigenvalue weighted by Gasteiger charge is -2.29. The van der Waals surface area contributed by atoms with Crippen molar-refractivity contribution in [1.29, 1.82) is 0 Å². The van der Waals surface area contributed by atoms with E-state index in [1.807, 2.05) is 18.2 Å². The third-order valence-corrected chi connectivity index (χ3v) is 7.23. The summed E-state index contributed by atoms with van der Waals surface area (Å²) < 4.78 is 37.8. The largest absolute Gasteiger partial charge is 0.496 e. The van der Waals surface area contributed by atoms with Gasteiger partial charge >= 0.3 is 0 Å². The number of anilines is 1. The van der Waals surface area contributed by atoms with Crippen LogP contribution in [0.25, 0.3) is 0 Å². The molecule has 0 spiro atoms. The van der Waals surface area contributed by atoms with E-state index < -0.39 is 21.8 Å². The van der Waals surface area contributed by atoms with E-state index in [0.29, 0.717) is 24.6 Å². The van der Waals surface area contributed by atoms with Gasteiger partial charge in [0, 0.05) is 25.2 Å². The van der Waals surface area contributed by atoms with Crippen molar-refractivity contribution in [3.8, 4) is 11.5 Å². The fourth-order valence-electron chi connectivity index (χ4n) is 3.47. The molecular weight excluding hydrogens is 434 g/mol. The van der Waals surface area contributed by atoms with E-state index in [1.54, 1.807) is 27.0 Å². The van der Waals surface area contributed by atoms with Crippen LogP contribution in [0, 0.1) is 0 Å². The molecule has 0 saturated heterocycles. The number of para-hydroxylation sites is 1. The Morgan fingerprint density at radius 1 is 1.19 bits per heavy atom. The lowest BCUT2D eigenvalue weighted by molar-refractivity contribution is -0.125. The van der Waals surface area contributed by atoms with Gasteiger partial charge < -0.3 is 14.8 Å². The summed E-state index contributed by atoms with van der Waals surface area (Å²) in [5.74, 6) is 0.170. The number of sulfonamides is 1. The second-order valence-corrected chi connectivity index (χ2v) is 9.01. The molecule has 1 N–H and O–H groups in total. The molecule has 0 aromatic heterocycles. The first kappa shape index (κ1) is 23.6. The predicted octanol–water partition coefficient (Wildman–Crippen LogP) is 1.77. The number of hydrogen-bond donors (Lipinski definition) is 1. The Labute approximate surface area is 188 Å². The van der Waals surface area contributed by atoms with Gasteiger partial charge in [-0.2, -0.15) is 4.31 Å². The molecule has 172 valence electrons. The van der Waals surface area contributed by atoms with E-state index in [0.717, 1.165) is 5.56 Å². The summed E-state index contributed by atoms with van der Waals surface area (Å²) in [6.45, 7) is 3.88. The van der Waals surface area contributed by atoms with Crippen LogP contribution >= 0.6 is 0 Å². The Kier molecular flexibility index (Phi) is 7.37. The quantitative estimate of drug-likeness (QED) is 0.610. The molecule has 0 bridgehead atoms. The van der Waals surface area contributed by atoms with Gasteiger partial charge in [-0.1, -0.05) is 32.0 Å². The van der Waals surface area contributed by atoms with Crippen LogP contribution < -0.4 is 19.7 Å². The number of hydrogen-bond acceptors (Lipinski definition) is 6. The number of rotatable bonds is 9. The van der Waals surface area contributed by atoms with Gasteiger partial charge in [0.25, 0.3) is 5.91 Å². The van der Waals surface area contributed by atoms with Crippen molar-refractivity contribution < 1.29 is 27.5 Å². The molecule has 0 saturated carbocycles. The Balaban J connectivity index is 1.81. The third kappa shape index (κ3) is 4.86. The molecule has 32 heavy (non-hydrogen) atoms. The first-order valence-electron chi connectivity index (χ1n) is 10.3. The van der Waals surface area contributed by atoms with Gasteiger partial charge in [-0.25, -0.2) is 8.42 Å². The van der Waals surface area contributed by atoms with Gasteiger partial charge in [0.05, 0.1) is 17.7 Å². The van der Waals surface area contributed by atoms with Crippen LogP contribution in [0.3, 0.4) is 0 Å². The average Bonchev–Trinajstić information content (AvgIpc) is 2.80. The Morgan fingerprint density at radius 2 is 1.91 bits per heavy atom. The highest BCUT2D eigenvalue weighted by atomic mass is 32.2. The van der Waals surface area contributed by atoms with E-state index in [1.165, 1.54) is 27.4 Å². The summed E-state index contributed by atoms with van der Waals surface area (Å²) in [6, 6.07) is 11.6. The zero-order valence-electron chi connectivity index (χ0n) is 18.3. The highest BCUT2D eigenvalue weighted by molar-refractivity contribution is 7.89. The molecule has 2 aromatic carbocycles. The molecule has 0 unspecified atom stereocenters. The minimum atomic E-state index is -3.73. The Hall–Kier alpha value is -3.11. The minimum absolute atomic E-state index is 0.0395. The lowest BCUT2D eigenvalue weighted by atomic mass is 10.2. The van der Waals surface area contributed by atoms with E-state index in [9.17, 15) is 18.0 Å². The highest BCUT2D eigenvalue weighted by Gasteiger charge is 2.30. The number of amides is 2. The fourth-order valence-corrected chi connectivity index (χ4v) is 4.95. The Morgan fingerprint density at radius 3 is 2.59 bits per heavy atom. The molecule has 3 rings (SSSR count). The lowest BCUT2D eigenvalue weighted by Crippen LogP contribution is -2.45. The van der Waals surface area contributed by atoms with Gasteiger partial charge in [-0.15, -0.1) is 0 Å². The van der Waals surface area contributed by atoms with Gasteiger partial charge in [0.1, 0.15) is 18.0 Å². The minimum Gasteiger partial charge on any atom is -0.496 e. The van der Waals surface area contributed by atoms with E-state index >= 15 is 0 Å². The molecule has 0 fully saturated rings. The molecule has 10 heteroatoms. The molecule has 2 aromatic rings. The zero-order valence-corrected chi connectivity index (χ0v) is 19.1. The maximum absolute atomic E-state index is 12.9. The Bertz CT molecular complexity index is 1100. The van der Waals surface area contributed by atoms with Crippen molar-refractivity contribution >= 4 is 27.5 Å². The second-order valence-electron chi connectivity index (χ2n) is 7.08. The highest BCUT2D eigenvalue weighted by Crippen LogP contribution is 2.34. The number of nitrogens with one attached hydrogen (secondary N) is 1. The summed E-state index contributed by atoms with van der Waals surface area (Å²) in [4.78, 5) is 26.4. The number of carbonyl (C=O) groups is 2. The van der Waals surface area contributed by atoms with Crippen molar-refractivity contribution in [2.45, 2.75) is 25.3 Å². The van der Waals surface area contributed by atoms with Gasteiger partial charge in [-0.3, -0.25) is 14.5 Å². The van der Waals surface area contributed by atoms with Crippen molar-refractivity contribution in [3.63, 3.8) is 0 Å². The van der Waals surface area contributed by atoms with Crippen LogP contribution in [0.2, 0.25) is 0 Å². The van der Waals surface area contributed by atoms with E-state index in [-0.39, 0.29) is 30.3 Å². The normalized spacial score (nSPS) is 13.5. The molecular formula is C22H27N3O6S. The fraction of sp³-hybridized carbons (Fsp3) is 0.364. The molecule has 0 radical (unpaired) electrons. The average molecular weight is 462 g/mol. The SMILES string of the molecule is CCN(CC)S(=O)(=O)c1ccc2c(c1)N(CC(=O)NCc1ccccc1OC)C(=O)CO2. The first-order valence-corrected chi connectivity index (χ1v) is 11.7. The smallest absolute Gasteiger partial charge is 0.265 e. The number of benzene rings is 2. The molecule has 1 aliphatic rings. The monoisotopic (exact) mass is 461 g/mol. The number of fused-ring (bicyclic) bond motifs is 1. The van der Waals surface area contributed by atoms with Crippen molar-refractivity contribution in [2.75, 3.05) is 38.3 Å². The van der Waals surface area contributed by atoms with Crippen LogP contribution in [0.1, 0.15) is 19.4 Å². The molecule has 1 heterocycles.